The van der Waals surface area contributed by atoms with Crippen LogP contribution in [0, 0.1) is 5.41 Å². The van der Waals surface area contributed by atoms with Crippen molar-refractivity contribution >= 4 is 11.5 Å². The van der Waals surface area contributed by atoms with Gasteiger partial charge in [-0.15, -0.1) is 0 Å². The summed E-state index contributed by atoms with van der Waals surface area (Å²) in [6, 6.07) is 3.78. The highest BCUT2D eigenvalue weighted by Gasteiger charge is 2.05. The Bertz CT molecular complexity index is 325. The first kappa shape index (κ1) is 12.5. The smallest absolute Gasteiger partial charge is 0.141 e. The quantitative estimate of drug-likeness (QED) is 0.569. The first-order chi connectivity index (χ1) is 7.69. The molecule has 0 saturated carbocycles. The lowest BCUT2D eigenvalue weighted by Gasteiger charge is -2.23. The molecule has 0 bridgehead atoms. The van der Waals surface area contributed by atoms with Crippen LogP contribution in [0.5, 0.6) is 0 Å². The molecule has 0 spiro atoms. The molecular weight excluding hydrogens is 200 g/mol. The number of rotatable bonds is 6. The molecule has 1 aromatic rings. The first-order valence-electron chi connectivity index (χ1n) is 5.74. The first-order valence-corrected chi connectivity index (χ1v) is 5.74. The number of nitrogens with zero attached hydrogens (tertiary/aromatic N) is 2. The summed E-state index contributed by atoms with van der Waals surface area (Å²) in [7, 11) is 0. The number of nitrogens with one attached hydrogen (secondary N) is 1. The molecule has 4 nitrogen and oxygen atoms in total. The van der Waals surface area contributed by atoms with E-state index in [9.17, 15) is 0 Å². The van der Waals surface area contributed by atoms with Crippen LogP contribution in [-0.2, 0) is 0 Å². The highest BCUT2D eigenvalue weighted by atomic mass is 15.1. The van der Waals surface area contributed by atoms with E-state index >= 15 is 0 Å². The Morgan fingerprint density at radius 1 is 1.31 bits per heavy atom. The molecule has 0 unspecified atom stereocenters. The van der Waals surface area contributed by atoms with Gasteiger partial charge in [-0.1, -0.05) is 13.8 Å². The van der Waals surface area contributed by atoms with Crippen molar-refractivity contribution in [2.75, 3.05) is 18.0 Å². The molecule has 0 radical (unpaired) electrons. The highest BCUT2D eigenvalue weighted by Crippen LogP contribution is 2.13. The fourth-order valence-corrected chi connectivity index (χ4v) is 1.64. The Kier molecular flexibility index (Phi) is 4.76. The van der Waals surface area contributed by atoms with Crippen LogP contribution in [0.4, 0.5) is 5.69 Å². The summed E-state index contributed by atoms with van der Waals surface area (Å²) in [6.07, 6.45) is 4.03. The van der Waals surface area contributed by atoms with Crippen LogP contribution in [0.2, 0.25) is 0 Å². The zero-order chi connectivity index (χ0) is 12.0. The number of nitrogens with two attached hydrogens (primary N) is 1. The minimum absolute atomic E-state index is 0.0177. The second-order valence-corrected chi connectivity index (χ2v) is 3.80. The summed E-state index contributed by atoms with van der Waals surface area (Å²) < 4.78 is 0. The normalized spacial score (nSPS) is 10.1. The van der Waals surface area contributed by atoms with Gasteiger partial charge in [-0.3, -0.25) is 10.4 Å². The lowest BCUT2D eigenvalue weighted by Crippen LogP contribution is -2.25. The maximum atomic E-state index is 7.28. The van der Waals surface area contributed by atoms with Crippen LogP contribution < -0.4 is 10.6 Å². The SMILES string of the molecule is CCCN(CCC)c1ccc(C(=N)N)nc1. The van der Waals surface area contributed by atoms with Crippen molar-refractivity contribution in [2.45, 2.75) is 26.7 Å². The maximum absolute atomic E-state index is 7.28. The van der Waals surface area contributed by atoms with Gasteiger partial charge in [-0.05, 0) is 25.0 Å². The summed E-state index contributed by atoms with van der Waals surface area (Å²) in [5.41, 5.74) is 7.01. The molecule has 1 heterocycles. The van der Waals surface area contributed by atoms with Crippen molar-refractivity contribution in [1.29, 1.82) is 5.41 Å². The van der Waals surface area contributed by atoms with E-state index in [-0.39, 0.29) is 5.84 Å². The molecule has 3 N–H and O–H groups in total. The molecule has 0 amide bonds. The monoisotopic (exact) mass is 220 g/mol. The second kappa shape index (κ2) is 6.10. The maximum Gasteiger partial charge on any atom is 0.141 e. The fourth-order valence-electron chi connectivity index (χ4n) is 1.64. The summed E-state index contributed by atoms with van der Waals surface area (Å²) in [4.78, 5) is 6.47. The largest absolute Gasteiger partial charge is 0.382 e. The van der Waals surface area contributed by atoms with E-state index < -0.39 is 0 Å². The third-order valence-electron chi connectivity index (χ3n) is 2.38. The van der Waals surface area contributed by atoms with Gasteiger partial charge < -0.3 is 10.6 Å². The van der Waals surface area contributed by atoms with Gasteiger partial charge >= 0.3 is 0 Å². The van der Waals surface area contributed by atoms with Crippen molar-refractivity contribution in [3.05, 3.63) is 24.0 Å². The van der Waals surface area contributed by atoms with Gasteiger partial charge in [-0.2, -0.15) is 0 Å². The van der Waals surface area contributed by atoms with Crippen LogP contribution in [0.3, 0.4) is 0 Å². The van der Waals surface area contributed by atoms with Gasteiger partial charge in [0.25, 0.3) is 0 Å². The lowest BCUT2D eigenvalue weighted by atomic mass is 10.2. The van der Waals surface area contributed by atoms with E-state index in [1.165, 1.54) is 0 Å². The lowest BCUT2D eigenvalue weighted by molar-refractivity contribution is 0.743. The molecule has 0 saturated heterocycles. The number of anilines is 1. The Labute approximate surface area is 97.0 Å². The van der Waals surface area contributed by atoms with Gasteiger partial charge in [-0.25, -0.2) is 0 Å². The molecule has 0 atom stereocenters. The average molecular weight is 220 g/mol. The zero-order valence-electron chi connectivity index (χ0n) is 10.0. The van der Waals surface area contributed by atoms with Crippen LogP contribution in [0.1, 0.15) is 32.4 Å². The van der Waals surface area contributed by atoms with Crippen LogP contribution in [-0.4, -0.2) is 23.9 Å². The number of aromatic nitrogens is 1. The van der Waals surface area contributed by atoms with Gasteiger partial charge in [0.2, 0.25) is 0 Å². The fraction of sp³-hybridized carbons (Fsp3) is 0.500. The van der Waals surface area contributed by atoms with Crippen molar-refractivity contribution < 1.29 is 0 Å². The predicted molar refractivity (Wildman–Crippen MR) is 68.0 cm³/mol. The van der Waals surface area contributed by atoms with E-state index in [1.807, 2.05) is 6.07 Å². The van der Waals surface area contributed by atoms with E-state index in [4.69, 9.17) is 11.1 Å². The Hall–Kier alpha value is -1.58. The van der Waals surface area contributed by atoms with Crippen LogP contribution in [0.25, 0.3) is 0 Å². The molecule has 0 fully saturated rings. The molecular formula is C12H20N4. The molecule has 4 heteroatoms. The van der Waals surface area contributed by atoms with E-state index in [0.29, 0.717) is 5.69 Å². The Morgan fingerprint density at radius 2 is 1.94 bits per heavy atom. The summed E-state index contributed by atoms with van der Waals surface area (Å²) in [6.45, 7) is 6.41. The third-order valence-corrected chi connectivity index (χ3v) is 2.38. The summed E-state index contributed by atoms with van der Waals surface area (Å²) in [5, 5.41) is 7.28. The molecule has 0 aliphatic carbocycles. The van der Waals surface area contributed by atoms with Gasteiger partial charge in [0.1, 0.15) is 11.5 Å². The summed E-state index contributed by atoms with van der Waals surface area (Å²) >= 11 is 0. The number of nitrogen functional groups attached to an aromatic ring is 1. The van der Waals surface area contributed by atoms with E-state index in [2.05, 4.69) is 23.7 Å². The molecule has 0 aliphatic rings. The Balaban J connectivity index is 2.80. The molecule has 88 valence electrons. The van der Waals surface area contributed by atoms with Crippen LogP contribution >= 0.6 is 0 Å². The van der Waals surface area contributed by atoms with E-state index in [0.717, 1.165) is 31.6 Å². The van der Waals surface area contributed by atoms with Crippen molar-refractivity contribution in [1.82, 2.24) is 4.98 Å². The standard InChI is InChI=1S/C12H20N4/c1-3-7-16(8-4-2)10-5-6-11(12(13)14)15-9-10/h5-6,9H,3-4,7-8H2,1-2H3,(H3,13,14). The third kappa shape index (κ3) is 3.22. The van der Waals surface area contributed by atoms with Gasteiger partial charge in [0.15, 0.2) is 0 Å². The number of hydrogen-bond donors (Lipinski definition) is 2. The van der Waals surface area contributed by atoms with Crippen LogP contribution in [0.15, 0.2) is 18.3 Å². The Morgan fingerprint density at radius 3 is 2.31 bits per heavy atom. The molecule has 1 aromatic heterocycles. The van der Waals surface area contributed by atoms with Crippen molar-refractivity contribution in [3.8, 4) is 0 Å². The minimum atomic E-state index is 0.0177. The van der Waals surface area contributed by atoms with Crippen molar-refractivity contribution in [3.63, 3.8) is 0 Å². The predicted octanol–water partition coefficient (Wildman–Crippen LogP) is 1.99. The molecule has 1 rings (SSSR count). The van der Waals surface area contributed by atoms with Gasteiger partial charge in [0, 0.05) is 13.1 Å². The molecule has 0 aliphatic heterocycles. The summed E-state index contributed by atoms with van der Waals surface area (Å²) in [5.74, 6) is 0.0177. The highest BCUT2D eigenvalue weighted by molar-refractivity contribution is 5.93. The topological polar surface area (TPSA) is 66.0 Å². The van der Waals surface area contributed by atoms with Crippen molar-refractivity contribution in [2.24, 2.45) is 5.73 Å². The minimum Gasteiger partial charge on any atom is -0.382 e. The average Bonchev–Trinajstić information content (AvgIpc) is 2.29. The van der Waals surface area contributed by atoms with E-state index in [1.54, 1.807) is 12.3 Å². The molecule has 16 heavy (non-hydrogen) atoms. The number of hydrogen-bond acceptors (Lipinski definition) is 3. The zero-order valence-corrected chi connectivity index (χ0v) is 10.0. The van der Waals surface area contributed by atoms with Gasteiger partial charge in [0.05, 0.1) is 11.9 Å². The number of pyridine rings is 1. The second-order valence-electron chi connectivity index (χ2n) is 3.80. The number of amidine groups is 1. The molecule has 0 aromatic carbocycles.